The number of alkyl carbamates (subject to hydrolysis) is 1. The Morgan fingerprint density at radius 2 is 2.00 bits per heavy atom. The van der Waals surface area contributed by atoms with E-state index in [1.54, 1.807) is 6.92 Å². The van der Waals surface area contributed by atoms with Crippen LogP contribution in [0.1, 0.15) is 40.5 Å². The average molecular weight is 432 g/mol. The van der Waals surface area contributed by atoms with Crippen LogP contribution in [0.3, 0.4) is 0 Å². The van der Waals surface area contributed by atoms with Crippen LogP contribution in [0, 0.1) is 5.92 Å². The van der Waals surface area contributed by atoms with E-state index in [0.29, 0.717) is 18.6 Å². The molecule has 0 aliphatic carbocycles. The molecule has 4 atom stereocenters. The highest BCUT2D eigenvalue weighted by Crippen LogP contribution is 2.22. The third kappa shape index (κ3) is 7.50. The second-order valence-corrected chi connectivity index (χ2v) is 8.66. The summed E-state index contributed by atoms with van der Waals surface area (Å²) in [5.74, 6) is -0.390. The van der Waals surface area contributed by atoms with Crippen LogP contribution in [0.25, 0.3) is 0 Å². The third-order valence-electron chi connectivity index (χ3n) is 4.67. The maximum absolute atomic E-state index is 12.7. The SMILES string of the molecule is CSCCC(NC(=O)OCC(C)C)C(=O)NC1CC(C)N(C(CO)C(C)=O)C1=O. The van der Waals surface area contributed by atoms with Crippen LogP contribution in [-0.4, -0.2) is 83.1 Å². The van der Waals surface area contributed by atoms with E-state index < -0.39 is 42.6 Å². The predicted octanol–water partition coefficient (Wildman–Crippen LogP) is 0.546. The number of thioether (sulfide) groups is 1. The minimum absolute atomic E-state index is 0.170. The highest BCUT2D eigenvalue weighted by molar-refractivity contribution is 7.98. The van der Waals surface area contributed by atoms with Crippen molar-refractivity contribution >= 4 is 35.5 Å². The highest BCUT2D eigenvalue weighted by Gasteiger charge is 2.43. The molecule has 1 rings (SSSR count). The molecule has 1 fully saturated rings. The first-order valence-corrected chi connectivity index (χ1v) is 11.2. The normalized spacial score (nSPS) is 21.1. The highest BCUT2D eigenvalue weighted by atomic mass is 32.2. The molecule has 0 radical (unpaired) electrons. The van der Waals surface area contributed by atoms with Crippen LogP contribution >= 0.6 is 11.8 Å². The Morgan fingerprint density at radius 1 is 1.34 bits per heavy atom. The number of ketones is 1. The van der Waals surface area contributed by atoms with Crippen LogP contribution in [0.4, 0.5) is 4.79 Å². The van der Waals surface area contributed by atoms with Gasteiger partial charge in [0.15, 0.2) is 5.78 Å². The van der Waals surface area contributed by atoms with Crippen molar-refractivity contribution in [3.05, 3.63) is 0 Å². The van der Waals surface area contributed by atoms with Gasteiger partial charge in [0, 0.05) is 6.04 Å². The molecule has 166 valence electrons. The van der Waals surface area contributed by atoms with Gasteiger partial charge in [0.2, 0.25) is 11.8 Å². The van der Waals surface area contributed by atoms with Gasteiger partial charge in [-0.1, -0.05) is 13.8 Å². The summed E-state index contributed by atoms with van der Waals surface area (Å²) >= 11 is 1.53. The van der Waals surface area contributed by atoms with Gasteiger partial charge in [-0.25, -0.2) is 4.79 Å². The van der Waals surface area contributed by atoms with Gasteiger partial charge in [0.05, 0.1) is 13.2 Å². The summed E-state index contributed by atoms with van der Waals surface area (Å²) in [6, 6.07) is -2.87. The molecule has 3 N–H and O–H groups in total. The Bertz CT molecular complexity index is 600. The van der Waals surface area contributed by atoms with Gasteiger partial charge in [0.1, 0.15) is 18.1 Å². The number of rotatable bonds is 11. The molecule has 1 saturated heterocycles. The van der Waals surface area contributed by atoms with Gasteiger partial charge < -0.3 is 25.4 Å². The molecule has 9 nitrogen and oxygen atoms in total. The average Bonchev–Trinajstić information content (AvgIpc) is 2.91. The Morgan fingerprint density at radius 3 is 2.52 bits per heavy atom. The zero-order valence-corrected chi connectivity index (χ0v) is 18.6. The first-order valence-electron chi connectivity index (χ1n) is 9.78. The molecule has 0 bridgehead atoms. The van der Waals surface area contributed by atoms with E-state index in [9.17, 15) is 24.3 Å². The lowest BCUT2D eigenvalue weighted by atomic mass is 10.1. The van der Waals surface area contributed by atoms with E-state index in [1.165, 1.54) is 23.6 Å². The summed E-state index contributed by atoms with van der Waals surface area (Å²) in [6.07, 6.45) is 1.92. The summed E-state index contributed by atoms with van der Waals surface area (Å²) in [5.41, 5.74) is 0. The van der Waals surface area contributed by atoms with Crippen molar-refractivity contribution in [2.24, 2.45) is 5.92 Å². The third-order valence-corrected chi connectivity index (χ3v) is 5.31. The first-order chi connectivity index (χ1) is 13.6. The summed E-state index contributed by atoms with van der Waals surface area (Å²) in [6.45, 7) is 6.67. The van der Waals surface area contributed by atoms with Crippen molar-refractivity contribution in [3.8, 4) is 0 Å². The van der Waals surface area contributed by atoms with Gasteiger partial charge in [-0.3, -0.25) is 14.4 Å². The second kappa shape index (κ2) is 12.0. The van der Waals surface area contributed by atoms with Crippen LogP contribution in [-0.2, 0) is 19.1 Å². The number of ether oxygens (including phenoxy) is 1. The fraction of sp³-hybridized carbons (Fsp3) is 0.789. The molecule has 1 heterocycles. The Labute approximate surface area is 176 Å². The molecule has 4 unspecified atom stereocenters. The largest absolute Gasteiger partial charge is 0.449 e. The number of aliphatic hydroxyl groups is 1. The number of nitrogens with one attached hydrogen (secondary N) is 2. The molecule has 1 aliphatic heterocycles. The molecule has 0 aromatic rings. The number of carbonyl (C=O) groups is 4. The van der Waals surface area contributed by atoms with Crippen molar-refractivity contribution < 1.29 is 29.0 Å². The lowest BCUT2D eigenvalue weighted by molar-refractivity contribution is -0.140. The smallest absolute Gasteiger partial charge is 0.407 e. The van der Waals surface area contributed by atoms with E-state index in [1.807, 2.05) is 20.1 Å². The van der Waals surface area contributed by atoms with Gasteiger partial charge in [-0.2, -0.15) is 11.8 Å². The quantitative estimate of drug-likeness (QED) is 0.436. The zero-order chi connectivity index (χ0) is 22.1. The van der Waals surface area contributed by atoms with Crippen LogP contribution in [0.5, 0.6) is 0 Å². The van der Waals surface area contributed by atoms with Gasteiger partial charge >= 0.3 is 6.09 Å². The first kappa shape index (κ1) is 25.2. The Hall–Kier alpha value is -1.81. The van der Waals surface area contributed by atoms with E-state index in [4.69, 9.17) is 4.74 Å². The molecule has 0 spiro atoms. The fourth-order valence-electron chi connectivity index (χ4n) is 3.15. The molecular weight excluding hydrogens is 398 g/mol. The molecule has 1 aliphatic rings. The van der Waals surface area contributed by atoms with Crippen molar-refractivity contribution in [3.63, 3.8) is 0 Å². The van der Waals surface area contributed by atoms with Gasteiger partial charge in [0.25, 0.3) is 0 Å². The number of hydrogen-bond acceptors (Lipinski definition) is 7. The standard InChI is InChI=1S/C19H33N3O6S/c1-11(2)10-28-19(27)21-14(6-7-29-5)17(25)20-15-8-12(3)22(18(15)26)16(9-23)13(4)24/h11-12,14-16,23H,6-10H2,1-5H3,(H,20,25)(H,21,27). The summed E-state index contributed by atoms with van der Waals surface area (Å²) < 4.78 is 5.08. The topological polar surface area (TPSA) is 125 Å². The molecule has 0 aromatic heterocycles. The Balaban J connectivity index is 2.79. The van der Waals surface area contributed by atoms with Crippen LogP contribution in [0.15, 0.2) is 0 Å². The summed E-state index contributed by atoms with van der Waals surface area (Å²) in [5, 5.41) is 14.7. The van der Waals surface area contributed by atoms with Gasteiger partial charge in [-0.05, 0) is 44.6 Å². The van der Waals surface area contributed by atoms with E-state index >= 15 is 0 Å². The Kier molecular flexibility index (Phi) is 10.5. The van der Waals surface area contributed by atoms with E-state index in [2.05, 4.69) is 10.6 Å². The molecule has 0 aromatic carbocycles. The lowest BCUT2D eigenvalue weighted by Crippen LogP contribution is -2.53. The van der Waals surface area contributed by atoms with Crippen molar-refractivity contribution in [2.75, 3.05) is 25.2 Å². The van der Waals surface area contributed by atoms with Gasteiger partial charge in [-0.15, -0.1) is 0 Å². The van der Waals surface area contributed by atoms with Crippen molar-refractivity contribution in [2.45, 2.75) is 64.7 Å². The number of amides is 3. The van der Waals surface area contributed by atoms with Crippen LogP contribution < -0.4 is 10.6 Å². The molecular formula is C19H33N3O6S. The lowest BCUT2D eigenvalue weighted by Gasteiger charge is -2.28. The van der Waals surface area contributed by atoms with E-state index in [-0.39, 0.29) is 24.3 Å². The maximum atomic E-state index is 12.7. The zero-order valence-electron chi connectivity index (χ0n) is 17.8. The number of nitrogens with zero attached hydrogens (tertiary/aromatic N) is 1. The number of aliphatic hydroxyl groups excluding tert-OH is 1. The van der Waals surface area contributed by atoms with Crippen LogP contribution in [0.2, 0.25) is 0 Å². The molecule has 10 heteroatoms. The summed E-state index contributed by atoms with van der Waals surface area (Å²) in [4.78, 5) is 50.5. The van der Waals surface area contributed by atoms with E-state index in [0.717, 1.165) is 0 Å². The maximum Gasteiger partial charge on any atom is 0.407 e. The minimum atomic E-state index is -0.921. The molecule has 3 amide bonds. The number of likely N-dealkylation sites (tertiary alicyclic amines) is 1. The monoisotopic (exact) mass is 431 g/mol. The second-order valence-electron chi connectivity index (χ2n) is 7.67. The minimum Gasteiger partial charge on any atom is -0.449 e. The molecule has 29 heavy (non-hydrogen) atoms. The number of carbonyl (C=O) groups excluding carboxylic acids is 4. The summed E-state index contributed by atoms with van der Waals surface area (Å²) in [7, 11) is 0. The molecule has 0 saturated carbocycles. The van der Waals surface area contributed by atoms with Crippen molar-refractivity contribution in [1.29, 1.82) is 0 Å². The predicted molar refractivity (Wildman–Crippen MR) is 111 cm³/mol. The number of Topliss-reactive ketones (excluding diaryl/α,β-unsaturated/α-hetero) is 1. The number of hydrogen-bond donors (Lipinski definition) is 3. The fourth-order valence-corrected chi connectivity index (χ4v) is 3.62. The van der Waals surface area contributed by atoms with Crippen molar-refractivity contribution in [1.82, 2.24) is 15.5 Å².